The van der Waals surface area contributed by atoms with Gasteiger partial charge in [-0.1, -0.05) is 182 Å². The van der Waals surface area contributed by atoms with Crippen LogP contribution in [0.25, 0.3) is 88.3 Å². The smallest absolute Gasteiger partial charge is 0.00992 e. The molecule has 0 saturated heterocycles. The van der Waals surface area contributed by atoms with Crippen LogP contribution in [0.15, 0.2) is 206 Å². The highest BCUT2D eigenvalue weighted by atomic mass is 14.2. The molecule has 0 nitrogen and oxygen atoms in total. The molecule has 9 aromatic carbocycles. The van der Waals surface area contributed by atoms with Crippen LogP contribution in [0.5, 0.6) is 0 Å². The summed E-state index contributed by atoms with van der Waals surface area (Å²) in [4.78, 5) is 0. The Morgan fingerprint density at radius 1 is 0.180 bits per heavy atom. The summed E-state index contributed by atoms with van der Waals surface area (Å²) < 4.78 is 0. The van der Waals surface area contributed by atoms with E-state index >= 15 is 0 Å². The molecule has 0 heteroatoms. The molecular weight excluding hydrogens is 601 g/mol. The number of hydrogen-bond acceptors (Lipinski definition) is 0. The zero-order valence-electron chi connectivity index (χ0n) is 27.6. The maximum absolute atomic E-state index is 2.35. The number of hydrogen-bond donors (Lipinski definition) is 0. The first-order chi connectivity index (χ1) is 24.8. The van der Waals surface area contributed by atoms with Gasteiger partial charge in [-0.3, -0.25) is 0 Å². The molecule has 0 aliphatic heterocycles. The van der Waals surface area contributed by atoms with Crippen LogP contribution in [0, 0.1) is 0 Å². The second-order valence-electron chi connectivity index (χ2n) is 12.9. The van der Waals surface area contributed by atoms with E-state index in [0.717, 1.165) is 0 Å². The maximum Gasteiger partial charge on any atom is -0.00992 e. The zero-order chi connectivity index (χ0) is 33.3. The van der Waals surface area contributed by atoms with Crippen LogP contribution in [0.2, 0.25) is 0 Å². The van der Waals surface area contributed by atoms with Gasteiger partial charge in [0.05, 0.1) is 0 Å². The minimum atomic E-state index is 1.22. The van der Waals surface area contributed by atoms with E-state index in [9.17, 15) is 0 Å². The van der Waals surface area contributed by atoms with Gasteiger partial charge in [-0.05, 0) is 113 Å². The van der Waals surface area contributed by atoms with Gasteiger partial charge in [-0.15, -0.1) is 0 Å². The van der Waals surface area contributed by atoms with Crippen molar-refractivity contribution in [3.05, 3.63) is 206 Å². The quantitative estimate of drug-likeness (QED) is 0.160. The van der Waals surface area contributed by atoms with E-state index in [0.29, 0.717) is 0 Å². The van der Waals surface area contributed by atoms with Gasteiger partial charge >= 0.3 is 0 Å². The van der Waals surface area contributed by atoms with Gasteiger partial charge in [0.1, 0.15) is 0 Å². The molecule has 0 atom stereocenters. The van der Waals surface area contributed by atoms with E-state index in [-0.39, 0.29) is 0 Å². The Morgan fingerprint density at radius 2 is 0.520 bits per heavy atom. The molecule has 9 rings (SSSR count). The van der Waals surface area contributed by atoms with Crippen molar-refractivity contribution >= 4 is 21.5 Å². The molecule has 234 valence electrons. The fraction of sp³-hybridized carbons (Fsp3) is 0. The summed E-state index contributed by atoms with van der Waals surface area (Å²) >= 11 is 0. The number of fused-ring (bicyclic) bond motifs is 3. The minimum Gasteiger partial charge on any atom is -0.0622 e. The molecule has 0 unspecified atom stereocenters. The molecule has 0 amide bonds. The Bertz CT molecular complexity index is 2420. The van der Waals surface area contributed by atoms with Crippen LogP contribution < -0.4 is 0 Å². The molecule has 0 heterocycles. The summed E-state index contributed by atoms with van der Waals surface area (Å²) in [5, 5.41) is 5.02. The van der Waals surface area contributed by atoms with E-state index in [1.807, 2.05) is 0 Å². The van der Waals surface area contributed by atoms with Gasteiger partial charge in [-0.2, -0.15) is 0 Å². The second kappa shape index (κ2) is 12.8. The molecule has 50 heavy (non-hydrogen) atoms. The molecule has 0 aliphatic carbocycles. The normalized spacial score (nSPS) is 11.2. The third-order valence-corrected chi connectivity index (χ3v) is 9.88. The lowest BCUT2D eigenvalue weighted by atomic mass is 9.88. The lowest BCUT2D eigenvalue weighted by Crippen LogP contribution is -1.89. The van der Waals surface area contributed by atoms with Gasteiger partial charge in [-0.25, -0.2) is 0 Å². The van der Waals surface area contributed by atoms with Crippen molar-refractivity contribution in [1.82, 2.24) is 0 Å². The van der Waals surface area contributed by atoms with Crippen molar-refractivity contribution in [3.8, 4) is 66.8 Å². The Balaban J connectivity index is 1.13. The van der Waals surface area contributed by atoms with Crippen LogP contribution in [0.4, 0.5) is 0 Å². The highest BCUT2D eigenvalue weighted by molar-refractivity contribution is 6.10. The molecule has 0 N–H and O–H groups in total. The van der Waals surface area contributed by atoms with Crippen LogP contribution in [0.1, 0.15) is 0 Å². The van der Waals surface area contributed by atoms with Gasteiger partial charge in [0.25, 0.3) is 0 Å². The van der Waals surface area contributed by atoms with Crippen LogP contribution in [-0.2, 0) is 0 Å². The van der Waals surface area contributed by atoms with E-state index in [1.165, 1.54) is 88.3 Å². The summed E-state index contributed by atoms with van der Waals surface area (Å²) in [6, 6.07) is 74.9. The monoisotopic (exact) mass is 634 g/mol. The summed E-state index contributed by atoms with van der Waals surface area (Å²) in [6.45, 7) is 0. The Morgan fingerprint density at radius 3 is 0.900 bits per heavy atom. The lowest BCUT2D eigenvalue weighted by molar-refractivity contribution is 1.57. The summed E-state index contributed by atoms with van der Waals surface area (Å²) in [7, 11) is 0. The van der Waals surface area contributed by atoms with E-state index in [1.54, 1.807) is 0 Å². The number of benzene rings is 9. The fourth-order valence-electron chi connectivity index (χ4n) is 7.33. The first kappa shape index (κ1) is 29.6. The van der Waals surface area contributed by atoms with Crippen LogP contribution >= 0.6 is 0 Å². The average molecular weight is 635 g/mol. The van der Waals surface area contributed by atoms with E-state index in [4.69, 9.17) is 0 Å². The molecule has 0 aliphatic rings. The highest BCUT2D eigenvalue weighted by Gasteiger charge is 2.14. The molecule has 0 radical (unpaired) electrons. The van der Waals surface area contributed by atoms with Gasteiger partial charge < -0.3 is 0 Å². The average Bonchev–Trinajstić information content (AvgIpc) is 3.21. The fourth-order valence-corrected chi connectivity index (χ4v) is 7.33. The summed E-state index contributed by atoms with van der Waals surface area (Å²) in [5.74, 6) is 0. The van der Waals surface area contributed by atoms with Crippen molar-refractivity contribution in [2.45, 2.75) is 0 Å². The Labute approximate surface area is 293 Å². The number of rotatable bonds is 6. The van der Waals surface area contributed by atoms with Crippen molar-refractivity contribution in [2.24, 2.45) is 0 Å². The minimum absolute atomic E-state index is 1.22. The largest absolute Gasteiger partial charge is 0.0622 e. The van der Waals surface area contributed by atoms with Crippen molar-refractivity contribution in [2.75, 3.05) is 0 Å². The van der Waals surface area contributed by atoms with Crippen molar-refractivity contribution < 1.29 is 0 Å². The molecule has 0 aromatic heterocycles. The third-order valence-electron chi connectivity index (χ3n) is 9.88. The van der Waals surface area contributed by atoms with Crippen LogP contribution in [-0.4, -0.2) is 0 Å². The molecule has 0 bridgehead atoms. The molecular formula is C50H34. The van der Waals surface area contributed by atoms with Crippen molar-refractivity contribution in [1.29, 1.82) is 0 Å². The predicted molar refractivity (Wildman–Crippen MR) is 214 cm³/mol. The lowest BCUT2D eigenvalue weighted by Gasteiger charge is -2.15. The van der Waals surface area contributed by atoms with Crippen LogP contribution in [0.3, 0.4) is 0 Å². The SMILES string of the molecule is c1ccc(-c2ccc(-c3ccc4c(ccc5cc(-c6ccc(-c7ccccc7)cc6-c6ccccc6)ccc54)c3)c(-c3ccccc3)c2)cc1. The van der Waals surface area contributed by atoms with E-state index in [2.05, 4.69) is 206 Å². The Kier molecular flexibility index (Phi) is 7.61. The molecule has 0 fully saturated rings. The second-order valence-corrected chi connectivity index (χ2v) is 12.9. The van der Waals surface area contributed by atoms with Gasteiger partial charge in [0.15, 0.2) is 0 Å². The molecule has 0 saturated carbocycles. The zero-order valence-corrected chi connectivity index (χ0v) is 27.6. The summed E-state index contributed by atoms with van der Waals surface area (Å²) in [6.07, 6.45) is 0. The first-order valence-electron chi connectivity index (χ1n) is 17.3. The first-order valence-corrected chi connectivity index (χ1v) is 17.3. The standard InChI is InChI=1S/C50H34/c1-5-13-35(14-6-1)39-23-27-47(49(33-39)37-17-9-3-10-18-37)43-25-29-45-41(31-43)21-22-42-32-44(26-30-46(42)45)48-28-24-40(36-15-7-2-8-16-36)34-50(48)38-19-11-4-12-20-38/h1-34H. The summed E-state index contributed by atoms with van der Waals surface area (Å²) in [5.41, 5.74) is 14.7. The maximum atomic E-state index is 2.35. The van der Waals surface area contributed by atoms with Gasteiger partial charge in [0, 0.05) is 0 Å². The highest BCUT2D eigenvalue weighted by Crippen LogP contribution is 2.40. The topological polar surface area (TPSA) is 0 Å². The molecule has 9 aromatic rings. The predicted octanol–water partition coefficient (Wildman–Crippen LogP) is 14.0. The third kappa shape index (κ3) is 5.57. The van der Waals surface area contributed by atoms with E-state index < -0.39 is 0 Å². The van der Waals surface area contributed by atoms with Crippen molar-refractivity contribution in [3.63, 3.8) is 0 Å². The van der Waals surface area contributed by atoms with Gasteiger partial charge in [0.2, 0.25) is 0 Å². The molecule has 0 spiro atoms. The Hall–Kier alpha value is -6.50.